The number of carbonyl (C=O) groups is 1. The van der Waals surface area contributed by atoms with Crippen LogP contribution in [0.4, 0.5) is 4.79 Å². The van der Waals surface area contributed by atoms with Crippen LogP contribution in [-0.4, -0.2) is 24.5 Å². The van der Waals surface area contributed by atoms with Crippen LogP contribution in [0.2, 0.25) is 0 Å². The Morgan fingerprint density at radius 1 is 1.16 bits per heavy atom. The molecule has 0 spiro atoms. The largest absolute Gasteiger partial charge is 0.513 e. The number of hydrogen-bond donors (Lipinski definition) is 1. The number of aliphatic hydroxyl groups is 1. The molecule has 0 unspecified atom stereocenters. The van der Waals surface area contributed by atoms with E-state index in [-0.39, 0.29) is 25.0 Å². The minimum absolute atomic E-state index is 0.0559. The second-order valence-corrected chi connectivity index (χ2v) is 5.00. The quantitative estimate of drug-likeness (QED) is 0.655. The van der Waals surface area contributed by atoms with Crippen molar-refractivity contribution >= 4 is 6.16 Å². The summed E-state index contributed by atoms with van der Waals surface area (Å²) in [4.78, 5) is 11.6. The lowest BCUT2D eigenvalue weighted by atomic mass is 9.94. The molecule has 0 bridgehead atoms. The van der Waals surface area contributed by atoms with E-state index in [2.05, 4.69) is 0 Å². The van der Waals surface area contributed by atoms with Crippen molar-refractivity contribution in [2.24, 2.45) is 0 Å². The summed E-state index contributed by atoms with van der Waals surface area (Å²) in [5.41, 5.74) is 1.96. The maximum atomic E-state index is 11.6. The van der Waals surface area contributed by atoms with E-state index in [9.17, 15) is 4.79 Å². The van der Waals surface area contributed by atoms with Gasteiger partial charge in [0.2, 0.25) is 0 Å². The third-order valence-corrected chi connectivity index (χ3v) is 2.82. The van der Waals surface area contributed by atoms with Crippen molar-refractivity contribution in [1.29, 1.82) is 0 Å². The van der Waals surface area contributed by atoms with E-state index >= 15 is 0 Å². The van der Waals surface area contributed by atoms with E-state index in [0.717, 1.165) is 11.1 Å². The summed E-state index contributed by atoms with van der Waals surface area (Å²) in [5.74, 6) is 1.08. The molecule has 1 aromatic rings. The highest BCUT2D eigenvalue weighted by atomic mass is 16.7. The zero-order valence-electron chi connectivity index (χ0n) is 12.0. The summed E-state index contributed by atoms with van der Waals surface area (Å²) in [5, 5.41) is 8.63. The minimum atomic E-state index is -0.774. The molecule has 4 heteroatoms. The molecule has 0 aliphatic carbocycles. The van der Waals surface area contributed by atoms with Crippen molar-refractivity contribution in [3.63, 3.8) is 0 Å². The van der Waals surface area contributed by atoms with Crippen molar-refractivity contribution in [3.05, 3.63) is 29.3 Å². The van der Waals surface area contributed by atoms with E-state index in [0.29, 0.717) is 5.75 Å². The lowest BCUT2D eigenvalue weighted by Gasteiger charge is -2.18. The molecule has 1 rings (SSSR count). The molecule has 0 radical (unpaired) electrons. The number of aliphatic hydroxyl groups excluding tert-OH is 1. The van der Waals surface area contributed by atoms with E-state index < -0.39 is 6.16 Å². The molecule has 0 atom stereocenters. The Bertz CT molecular complexity index is 398. The number of ether oxygens (including phenoxy) is 2. The Kier molecular flexibility index (Phi) is 5.83. The lowest BCUT2D eigenvalue weighted by Crippen LogP contribution is -2.15. The van der Waals surface area contributed by atoms with E-state index in [4.69, 9.17) is 14.6 Å². The van der Waals surface area contributed by atoms with Gasteiger partial charge in [-0.2, -0.15) is 0 Å². The first-order valence-electron chi connectivity index (χ1n) is 6.55. The van der Waals surface area contributed by atoms with Crippen LogP contribution in [0.5, 0.6) is 5.75 Å². The second-order valence-electron chi connectivity index (χ2n) is 5.00. The molecule has 0 amide bonds. The van der Waals surface area contributed by atoms with Gasteiger partial charge in [0.25, 0.3) is 0 Å². The minimum Gasteiger partial charge on any atom is -0.432 e. The highest BCUT2D eigenvalue weighted by molar-refractivity contribution is 5.66. The van der Waals surface area contributed by atoms with Crippen molar-refractivity contribution in [1.82, 2.24) is 0 Å². The van der Waals surface area contributed by atoms with Gasteiger partial charge in [0, 0.05) is 0 Å². The van der Waals surface area contributed by atoms with Gasteiger partial charge in [-0.15, -0.1) is 0 Å². The average Bonchev–Trinajstić information content (AvgIpc) is 2.35. The highest BCUT2D eigenvalue weighted by Crippen LogP contribution is 2.34. The Hall–Kier alpha value is -1.55. The average molecular weight is 266 g/mol. The van der Waals surface area contributed by atoms with Gasteiger partial charge in [-0.1, -0.05) is 45.9 Å². The Labute approximate surface area is 114 Å². The molecule has 4 nitrogen and oxygen atoms in total. The van der Waals surface area contributed by atoms with Gasteiger partial charge < -0.3 is 14.6 Å². The van der Waals surface area contributed by atoms with Gasteiger partial charge >= 0.3 is 6.16 Å². The maximum absolute atomic E-state index is 11.6. The zero-order chi connectivity index (χ0) is 14.4. The number of hydrogen-bond acceptors (Lipinski definition) is 4. The van der Waals surface area contributed by atoms with Gasteiger partial charge in [-0.05, 0) is 23.0 Å². The topological polar surface area (TPSA) is 55.8 Å². The Balaban J connectivity index is 3.04. The van der Waals surface area contributed by atoms with E-state index in [1.54, 1.807) is 0 Å². The third-order valence-electron chi connectivity index (χ3n) is 2.82. The number of rotatable bonds is 5. The normalized spacial score (nSPS) is 10.9. The second kappa shape index (κ2) is 7.14. The fraction of sp³-hybridized carbons (Fsp3) is 0.533. The molecule has 1 N–H and O–H groups in total. The van der Waals surface area contributed by atoms with E-state index in [1.165, 1.54) is 0 Å². The first-order valence-corrected chi connectivity index (χ1v) is 6.55. The summed E-state index contributed by atoms with van der Waals surface area (Å²) in [6, 6.07) is 5.87. The molecule has 19 heavy (non-hydrogen) atoms. The number of para-hydroxylation sites is 1. The van der Waals surface area contributed by atoms with Crippen LogP contribution in [0.15, 0.2) is 18.2 Å². The Morgan fingerprint density at radius 3 is 2.11 bits per heavy atom. The van der Waals surface area contributed by atoms with Crippen LogP contribution in [0.25, 0.3) is 0 Å². The first-order chi connectivity index (χ1) is 8.97. The zero-order valence-corrected chi connectivity index (χ0v) is 12.0. The summed E-state index contributed by atoms with van der Waals surface area (Å²) >= 11 is 0. The van der Waals surface area contributed by atoms with Crippen LogP contribution in [0.3, 0.4) is 0 Å². The number of benzene rings is 1. The molecule has 106 valence electrons. The van der Waals surface area contributed by atoms with Crippen LogP contribution in [-0.2, 0) is 4.74 Å². The fourth-order valence-electron chi connectivity index (χ4n) is 1.84. The summed E-state index contributed by atoms with van der Waals surface area (Å²) in [6.45, 7) is 7.92. The fourth-order valence-corrected chi connectivity index (χ4v) is 1.84. The molecule has 0 aliphatic rings. The summed E-state index contributed by atoms with van der Waals surface area (Å²) < 4.78 is 10.1. The molecule has 0 aromatic heterocycles. The smallest absolute Gasteiger partial charge is 0.432 e. The molecular formula is C15H22O4. The predicted octanol–water partition coefficient (Wildman–Crippen LogP) is 3.44. The van der Waals surface area contributed by atoms with Crippen LogP contribution in [0.1, 0.15) is 50.7 Å². The first kappa shape index (κ1) is 15.5. The van der Waals surface area contributed by atoms with Gasteiger partial charge in [-0.25, -0.2) is 4.79 Å². The van der Waals surface area contributed by atoms with Crippen molar-refractivity contribution in [2.75, 3.05) is 13.2 Å². The summed E-state index contributed by atoms with van der Waals surface area (Å²) in [7, 11) is 0. The molecule has 0 aliphatic heterocycles. The third kappa shape index (κ3) is 4.24. The molecule has 1 aromatic carbocycles. The summed E-state index contributed by atoms with van der Waals surface area (Å²) in [6.07, 6.45) is -0.774. The van der Waals surface area contributed by atoms with Gasteiger partial charge in [0.15, 0.2) is 0 Å². The van der Waals surface area contributed by atoms with Crippen molar-refractivity contribution in [3.8, 4) is 5.75 Å². The molecule has 0 saturated heterocycles. The Morgan fingerprint density at radius 2 is 1.68 bits per heavy atom. The van der Waals surface area contributed by atoms with Crippen molar-refractivity contribution in [2.45, 2.75) is 39.5 Å². The molecular weight excluding hydrogens is 244 g/mol. The monoisotopic (exact) mass is 266 g/mol. The molecule has 0 heterocycles. The van der Waals surface area contributed by atoms with Crippen molar-refractivity contribution < 1.29 is 19.4 Å². The lowest BCUT2D eigenvalue weighted by molar-refractivity contribution is 0.0800. The highest BCUT2D eigenvalue weighted by Gasteiger charge is 2.18. The molecule has 0 fully saturated rings. The number of carbonyl (C=O) groups excluding carboxylic acids is 1. The van der Waals surface area contributed by atoms with E-state index in [1.807, 2.05) is 45.9 Å². The van der Waals surface area contributed by atoms with Crippen LogP contribution in [0, 0.1) is 0 Å². The maximum Gasteiger partial charge on any atom is 0.513 e. The predicted molar refractivity (Wildman–Crippen MR) is 73.7 cm³/mol. The van der Waals surface area contributed by atoms with Crippen LogP contribution >= 0.6 is 0 Å². The van der Waals surface area contributed by atoms with Gasteiger partial charge in [-0.3, -0.25) is 0 Å². The molecule has 0 saturated carbocycles. The van der Waals surface area contributed by atoms with Gasteiger partial charge in [0.05, 0.1) is 6.61 Å². The van der Waals surface area contributed by atoms with Crippen LogP contribution < -0.4 is 4.74 Å². The SMILES string of the molecule is CC(C)c1cccc(C(C)C)c1OC(=O)OCCO. The van der Waals surface area contributed by atoms with Gasteiger partial charge in [0.1, 0.15) is 12.4 Å². The standard InChI is InChI=1S/C15H22O4/c1-10(2)12-6-5-7-13(11(3)4)14(12)19-15(17)18-9-8-16/h5-7,10-11,16H,8-9H2,1-4H3.